The Labute approximate surface area is 148 Å². The van der Waals surface area contributed by atoms with Gasteiger partial charge in [-0.25, -0.2) is 9.97 Å². The summed E-state index contributed by atoms with van der Waals surface area (Å²) in [5, 5.41) is 3.51. The minimum Gasteiger partial charge on any atom is -0.353 e. The minimum atomic E-state index is -0.331. The summed E-state index contributed by atoms with van der Waals surface area (Å²) in [6.07, 6.45) is 0. The lowest BCUT2D eigenvalue weighted by atomic mass is 10.1. The quantitative estimate of drug-likeness (QED) is 0.629. The van der Waals surface area contributed by atoms with E-state index < -0.39 is 0 Å². The molecule has 128 valence electrons. The predicted octanol–water partition coefficient (Wildman–Crippen LogP) is 4.27. The molecule has 1 aromatic heterocycles. The summed E-state index contributed by atoms with van der Waals surface area (Å²) in [7, 11) is 0. The van der Waals surface area contributed by atoms with Crippen LogP contribution in [0.2, 0.25) is 0 Å². The first kappa shape index (κ1) is 18.5. The number of carbonyl (C=O) groups is 1. The largest absolute Gasteiger partial charge is 0.353 e. The summed E-state index contributed by atoms with van der Waals surface area (Å²) in [6, 6.07) is 11.9. The lowest BCUT2D eigenvalue weighted by molar-refractivity contribution is -0.121. The number of thioether (sulfide) groups is 1. The Kier molecular flexibility index (Phi) is 6.37. The first-order valence-corrected chi connectivity index (χ1v) is 9.12. The molecule has 0 radical (unpaired) electrons. The fraction of sp³-hybridized carbons (Fsp3) is 0.421. The topological polar surface area (TPSA) is 54.9 Å². The number of benzene rings is 1. The summed E-state index contributed by atoms with van der Waals surface area (Å²) < 4.78 is 0. The van der Waals surface area contributed by atoms with Gasteiger partial charge in [-0.1, -0.05) is 55.9 Å². The van der Waals surface area contributed by atoms with Crippen molar-refractivity contribution in [3.8, 4) is 0 Å². The third-order valence-electron chi connectivity index (χ3n) is 3.37. The first-order valence-electron chi connectivity index (χ1n) is 8.24. The van der Waals surface area contributed by atoms with Gasteiger partial charge >= 0.3 is 0 Å². The highest BCUT2D eigenvalue weighted by molar-refractivity contribution is 8.00. The minimum absolute atomic E-state index is 0.00330. The highest BCUT2D eigenvalue weighted by atomic mass is 32.2. The van der Waals surface area contributed by atoms with E-state index in [0.29, 0.717) is 0 Å². The van der Waals surface area contributed by atoms with Gasteiger partial charge in [0.15, 0.2) is 0 Å². The maximum absolute atomic E-state index is 12.7. The summed E-state index contributed by atoms with van der Waals surface area (Å²) in [5.74, 6) is 1.07. The smallest absolute Gasteiger partial charge is 0.238 e. The van der Waals surface area contributed by atoms with Crippen LogP contribution < -0.4 is 5.32 Å². The second-order valence-corrected chi connectivity index (χ2v) is 7.56. The number of nitrogens with one attached hydrogen (secondary N) is 1. The molecule has 0 fully saturated rings. The number of rotatable bonds is 6. The standard InChI is InChI=1S/C19H25N3OS/c1-12(2)18-21-14(5)11-16(22-18)24-17(19(23)20-13(3)4)15-9-7-6-8-10-15/h6-13,17H,1-5H3,(H,20,23)/t17-/m1/s1. The molecule has 0 spiro atoms. The Hall–Kier alpha value is -1.88. The van der Waals surface area contributed by atoms with E-state index in [1.165, 1.54) is 11.8 Å². The number of carbonyl (C=O) groups excluding carboxylic acids is 1. The number of amides is 1. The molecular weight excluding hydrogens is 318 g/mol. The molecule has 4 nitrogen and oxygen atoms in total. The van der Waals surface area contributed by atoms with E-state index in [-0.39, 0.29) is 23.1 Å². The van der Waals surface area contributed by atoms with Crippen LogP contribution in [0, 0.1) is 6.92 Å². The highest BCUT2D eigenvalue weighted by Gasteiger charge is 2.23. The summed E-state index contributed by atoms with van der Waals surface area (Å²) >= 11 is 1.47. The van der Waals surface area contributed by atoms with Crippen LogP contribution in [0.25, 0.3) is 0 Å². The van der Waals surface area contributed by atoms with Crippen LogP contribution >= 0.6 is 11.8 Å². The summed E-state index contributed by atoms with van der Waals surface area (Å²) in [6.45, 7) is 10.0. The number of hydrogen-bond donors (Lipinski definition) is 1. The predicted molar refractivity (Wildman–Crippen MR) is 99.2 cm³/mol. The zero-order valence-electron chi connectivity index (χ0n) is 14.9. The number of aryl methyl sites for hydroxylation is 1. The van der Waals surface area contributed by atoms with Crippen molar-refractivity contribution >= 4 is 17.7 Å². The van der Waals surface area contributed by atoms with Crippen molar-refractivity contribution in [2.24, 2.45) is 0 Å². The SMILES string of the molecule is Cc1cc(S[C@@H](C(=O)NC(C)C)c2ccccc2)nc(C(C)C)n1. The van der Waals surface area contributed by atoms with Gasteiger partial charge in [-0.15, -0.1) is 0 Å². The van der Waals surface area contributed by atoms with Crippen molar-refractivity contribution in [3.05, 3.63) is 53.5 Å². The van der Waals surface area contributed by atoms with E-state index in [9.17, 15) is 4.79 Å². The van der Waals surface area contributed by atoms with Crippen molar-refractivity contribution in [2.75, 3.05) is 0 Å². The monoisotopic (exact) mass is 343 g/mol. The molecule has 0 saturated carbocycles. The Balaban J connectivity index is 2.33. The Morgan fingerprint density at radius 2 is 1.75 bits per heavy atom. The molecule has 1 heterocycles. The molecule has 0 unspecified atom stereocenters. The van der Waals surface area contributed by atoms with E-state index in [2.05, 4.69) is 29.1 Å². The lowest BCUT2D eigenvalue weighted by Crippen LogP contribution is -2.33. The Bertz CT molecular complexity index is 686. The molecule has 0 saturated heterocycles. The molecule has 0 bridgehead atoms. The van der Waals surface area contributed by atoms with Gasteiger partial charge in [-0.05, 0) is 32.4 Å². The maximum atomic E-state index is 12.7. The van der Waals surface area contributed by atoms with Gasteiger partial charge in [-0.3, -0.25) is 4.79 Å². The van der Waals surface area contributed by atoms with Crippen molar-refractivity contribution in [1.82, 2.24) is 15.3 Å². The van der Waals surface area contributed by atoms with Crippen LogP contribution in [0.15, 0.2) is 41.4 Å². The molecule has 0 aliphatic carbocycles. The molecule has 2 rings (SSSR count). The summed E-state index contributed by atoms with van der Waals surface area (Å²) in [4.78, 5) is 21.8. The average Bonchev–Trinajstić information content (AvgIpc) is 2.52. The zero-order valence-corrected chi connectivity index (χ0v) is 15.7. The molecule has 5 heteroatoms. The van der Waals surface area contributed by atoms with Crippen molar-refractivity contribution in [1.29, 1.82) is 0 Å². The fourth-order valence-electron chi connectivity index (χ4n) is 2.26. The summed E-state index contributed by atoms with van der Waals surface area (Å²) in [5.41, 5.74) is 1.90. The number of nitrogens with zero attached hydrogens (tertiary/aromatic N) is 2. The van der Waals surface area contributed by atoms with E-state index in [0.717, 1.165) is 22.1 Å². The van der Waals surface area contributed by atoms with E-state index in [1.807, 2.05) is 57.2 Å². The van der Waals surface area contributed by atoms with E-state index >= 15 is 0 Å². The normalized spacial score (nSPS) is 12.5. The van der Waals surface area contributed by atoms with Crippen LogP contribution in [-0.4, -0.2) is 21.9 Å². The van der Waals surface area contributed by atoms with Crippen LogP contribution in [0.4, 0.5) is 0 Å². The molecule has 24 heavy (non-hydrogen) atoms. The third kappa shape index (κ3) is 5.06. The zero-order chi connectivity index (χ0) is 17.7. The van der Waals surface area contributed by atoms with Crippen LogP contribution in [0.1, 0.15) is 55.9 Å². The van der Waals surface area contributed by atoms with Crippen molar-refractivity contribution < 1.29 is 4.79 Å². The second-order valence-electron chi connectivity index (χ2n) is 6.43. The number of aromatic nitrogens is 2. The number of hydrogen-bond acceptors (Lipinski definition) is 4. The molecule has 1 N–H and O–H groups in total. The van der Waals surface area contributed by atoms with Crippen molar-refractivity contribution in [3.63, 3.8) is 0 Å². The van der Waals surface area contributed by atoms with Crippen LogP contribution in [0.5, 0.6) is 0 Å². The molecule has 1 aromatic carbocycles. The van der Waals surface area contributed by atoms with Crippen LogP contribution in [0.3, 0.4) is 0 Å². The Morgan fingerprint density at radius 1 is 1.08 bits per heavy atom. The van der Waals surface area contributed by atoms with E-state index in [1.54, 1.807) is 0 Å². The second kappa shape index (κ2) is 8.29. The molecule has 1 atom stereocenters. The molecule has 1 amide bonds. The van der Waals surface area contributed by atoms with Gasteiger partial charge in [0.1, 0.15) is 16.1 Å². The van der Waals surface area contributed by atoms with E-state index in [4.69, 9.17) is 0 Å². The molecule has 0 aliphatic rings. The fourth-order valence-corrected chi connectivity index (χ4v) is 3.36. The first-order chi connectivity index (χ1) is 11.4. The van der Waals surface area contributed by atoms with Gasteiger partial charge in [0.2, 0.25) is 5.91 Å². The van der Waals surface area contributed by atoms with Gasteiger partial charge in [-0.2, -0.15) is 0 Å². The van der Waals surface area contributed by atoms with Gasteiger partial charge in [0, 0.05) is 17.7 Å². The lowest BCUT2D eigenvalue weighted by Gasteiger charge is -2.19. The third-order valence-corrected chi connectivity index (χ3v) is 4.55. The van der Waals surface area contributed by atoms with Crippen LogP contribution in [-0.2, 0) is 4.79 Å². The van der Waals surface area contributed by atoms with Gasteiger partial charge in [0.05, 0.1) is 0 Å². The molecule has 2 aromatic rings. The highest BCUT2D eigenvalue weighted by Crippen LogP contribution is 2.35. The van der Waals surface area contributed by atoms with Crippen molar-refractivity contribution in [2.45, 2.75) is 56.9 Å². The molecule has 0 aliphatic heterocycles. The average molecular weight is 343 g/mol. The Morgan fingerprint density at radius 3 is 2.33 bits per heavy atom. The molecular formula is C19H25N3OS. The van der Waals surface area contributed by atoms with Gasteiger partial charge < -0.3 is 5.32 Å². The van der Waals surface area contributed by atoms with Gasteiger partial charge in [0.25, 0.3) is 0 Å². The maximum Gasteiger partial charge on any atom is 0.238 e.